The molecule has 0 saturated carbocycles. The van der Waals surface area contributed by atoms with Gasteiger partial charge in [0.25, 0.3) is 0 Å². The Morgan fingerprint density at radius 2 is 2.43 bits per heavy atom. The summed E-state index contributed by atoms with van der Waals surface area (Å²) >= 11 is 0. The summed E-state index contributed by atoms with van der Waals surface area (Å²) < 4.78 is 1.94. The molecule has 2 N–H and O–H groups in total. The van der Waals surface area contributed by atoms with Crippen LogP contribution >= 0.6 is 0 Å². The molecule has 1 aliphatic rings. The number of aromatic nitrogens is 5. The van der Waals surface area contributed by atoms with E-state index in [0.717, 1.165) is 29.6 Å². The maximum Gasteiger partial charge on any atom is 0.230 e. The second-order valence-corrected chi connectivity index (χ2v) is 5.26. The van der Waals surface area contributed by atoms with Gasteiger partial charge in [0.2, 0.25) is 5.91 Å². The standard InChI is InChI=1S/C14H14N6O/c21-14(10-1-2-13-19-17-8-20(13)7-10)18-12-5-9-3-4-15-11(9)6-16-12/h3-6,8,10,15H,1-2,7H2,(H,16,18,21). The van der Waals surface area contributed by atoms with Crippen LogP contribution in [0.25, 0.3) is 10.9 Å². The Hall–Kier alpha value is -2.70. The van der Waals surface area contributed by atoms with Crippen LogP contribution in [0.2, 0.25) is 0 Å². The van der Waals surface area contributed by atoms with Crippen molar-refractivity contribution in [3.05, 3.63) is 36.7 Å². The van der Waals surface area contributed by atoms with Crippen LogP contribution in [0.5, 0.6) is 0 Å². The number of amides is 1. The number of carbonyl (C=O) groups is 1. The molecule has 1 unspecified atom stereocenters. The van der Waals surface area contributed by atoms with Crippen molar-refractivity contribution in [3.63, 3.8) is 0 Å². The second-order valence-electron chi connectivity index (χ2n) is 5.26. The van der Waals surface area contributed by atoms with E-state index in [1.807, 2.05) is 22.9 Å². The summed E-state index contributed by atoms with van der Waals surface area (Å²) in [6, 6.07) is 3.83. The highest BCUT2D eigenvalue weighted by Gasteiger charge is 2.25. The molecule has 21 heavy (non-hydrogen) atoms. The van der Waals surface area contributed by atoms with E-state index in [-0.39, 0.29) is 11.8 Å². The van der Waals surface area contributed by atoms with E-state index >= 15 is 0 Å². The first-order valence-corrected chi connectivity index (χ1v) is 6.90. The topological polar surface area (TPSA) is 88.5 Å². The van der Waals surface area contributed by atoms with Crippen LogP contribution in [-0.2, 0) is 17.8 Å². The summed E-state index contributed by atoms with van der Waals surface area (Å²) in [5.41, 5.74) is 0.958. The molecule has 4 rings (SSSR count). The fourth-order valence-corrected chi connectivity index (χ4v) is 2.72. The van der Waals surface area contributed by atoms with Crippen LogP contribution in [-0.4, -0.2) is 30.6 Å². The summed E-state index contributed by atoms with van der Waals surface area (Å²) in [5.74, 6) is 1.46. The lowest BCUT2D eigenvalue weighted by Crippen LogP contribution is -2.31. The highest BCUT2D eigenvalue weighted by molar-refractivity contribution is 5.93. The minimum atomic E-state index is -0.0720. The quantitative estimate of drug-likeness (QED) is 0.742. The maximum absolute atomic E-state index is 12.4. The zero-order valence-electron chi connectivity index (χ0n) is 11.3. The molecule has 0 bridgehead atoms. The highest BCUT2D eigenvalue weighted by Crippen LogP contribution is 2.20. The third-order valence-corrected chi connectivity index (χ3v) is 3.89. The van der Waals surface area contributed by atoms with Gasteiger partial charge in [-0.2, -0.15) is 0 Å². The van der Waals surface area contributed by atoms with Crippen molar-refractivity contribution < 1.29 is 4.79 Å². The minimum Gasteiger partial charge on any atom is -0.360 e. The van der Waals surface area contributed by atoms with Crippen molar-refractivity contribution in [2.45, 2.75) is 19.4 Å². The number of hydrogen-bond acceptors (Lipinski definition) is 4. The number of carbonyl (C=O) groups excluding carboxylic acids is 1. The Kier molecular flexibility index (Phi) is 2.70. The van der Waals surface area contributed by atoms with E-state index in [1.54, 1.807) is 12.5 Å². The second kappa shape index (κ2) is 4.69. The minimum absolute atomic E-state index is 0.00302. The molecule has 3 aromatic heterocycles. The van der Waals surface area contributed by atoms with Gasteiger partial charge in [-0.3, -0.25) is 4.79 Å². The fraction of sp³-hybridized carbons (Fsp3) is 0.286. The van der Waals surface area contributed by atoms with Crippen LogP contribution in [0.4, 0.5) is 5.82 Å². The lowest BCUT2D eigenvalue weighted by Gasteiger charge is -2.21. The number of rotatable bonds is 2. The SMILES string of the molecule is O=C(Nc1cc2cc[nH]c2cn1)C1CCc2nncn2C1. The monoisotopic (exact) mass is 282 g/mol. The maximum atomic E-state index is 12.4. The van der Waals surface area contributed by atoms with Gasteiger partial charge in [0.1, 0.15) is 18.0 Å². The van der Waals surface area contributed by atoms with Gasteiger partial charge < -0.3 is 14.9 Å². The molecular weight excluding hydrogens is 268 g/mol. The number of fused-ring (bicyclic) bond motifs is 2. The average molecular weight is 282 g/mol. The molecule has 0 aliphatic carbocycles. The molecule has 0 fully saturated rings. The summed E-state index contributed by atoms with van der Waals surface area (Å²) in [5, 5.41) is 11.8. The van der Waals surface area contributed by atoms with Gasteiger partial charge in [0.15, 0.2) is 0 Å². The number of anilines is 1. The molecular formula is C14H14N6O. The van der Waals surface area contributed by atoms with E-state index < -0.39 is 0 Å². The van der Waals surface area contributed by atoms with Gasteiger partial charge in [-0.05, 0) is 18.6 Å². The largest absolute Gasteiger partial charge is 0.360 e. The third kappa shape index (κ3) is 2.16. The molecule has 0 aromatic carbocycles. The molecule has 0 spiro atoms. The van der Waals surface area contributed by atoms with E-state index in [4.69, 9.17) is 0 Å². The molecule has 106 valence electrons. The first kappa shape index (κ1) is 12.1. The average Bonchev–Trinajstić information content (AvgIpc) is 3.14. The van der Waals surface area contributed by atoms with Crippen molar-refractivity contribution in [1.82, 2.24) is 24.7 Å². The predicted octanol–water partition coefficient (Wildman–Crippen LogP) is 1.36. The van der Waals surface area contributed by atoms with Crippen LogP contribution in [0.1, 0.15) is 12.2 Å². The van der Waals surface area contributed by atoms with Crippen LogP contribution in [0, 0.1) is 5.92 Å². The number of H-pyrrole nitrogens is 1. The Labute approximate surface area is 120 Å². The van der Waals surface area contributed by atoms with Crippen molar-refractivity contribution in [3.8, 4) is 0 Å². The number of nitrogens with one attached hydrogen (secondary N) is 2. The van der Waals surface area contributed by atoms with Gasteiger partial charge in [-0.15, -0.1) is 10.2 Å². The lowest BCUT2D eigenvalue weighted by atomic mass is 9.98. The van der Waals surface area contributed by atoms with Gasteiger partial charge in [-0.25, -0.2) is 4.98 Å². The van der Waals surface area contributed by atoms with Gasteiger partial charge in [-0.1, -0.05) is 0 Å². The Morgan fingerprint density at radius 3 is 3.38 bits per heavy atom. The number of nitrogens with zero attached hydrogens (tertiary/aromatic N) is 4. The Balaban J connectivity index is 1.50. The van der Waals surface area contributed by atoms with E-state index in [0.29, 0.717) is 12.4 Å². The first-order chi connectivity index (χ1) is 10.3. The predicted molar refractivity (Wildman–Crippen MR) is 76.6 cm³/mol. The molecule has 7 nitrogen and oxygen atoms in total. The summed E-state index contributed by atoms with van der Waals surface area (Å²) in [4.78, 5) is 19.7. The smallest absolute Gasteiger partial charge is 0.230 e. The molecule has 4 heterocycles. The first-order valence-electron chi connectivity index (χ1n) is 6.90. The molecule has 1 amide bonds. The third-order valence-electron chi connectivity index (χ3n) is 3.89. The van der Waals surface area contributed by atoms with Gasteiger partial charge >= 0.3 is 0 Å². The van der Waals surface area contributed by atoms with E-state index in [2.05, 4.69) is 25.5 Å². The van der Waals surface area contributed by atoms with Crippen molar-refractivity contribution in [2.75, 3.05) is 5.32 Å². The van der Waals surface area contributed by atoms with Crippen molar-refractivity contribution in [2.24, 2.45) is 5.92 Å². The summed E-state index contributed by atoms with van der Waals surface area (Å²) in [6.07, 6.45) is 6.83. The number of pyridine rings is 1. The molecule has 0 radical (unpaired) electrons. The number of aryl methyl sites for hydroxylation is 1. The number of hydrogen-bond donors (Lipinski definition) is 2. The van der Waals surface area contributed by atoms with Crippen LogP contribution in [0.15, 0.2) is 30.9 Å². The fourth-order valence-electron chi connectivity index (χ4n) is 2.72. The summed E-state index contributed by atoms with van der Waals surface area (Å²) in [7, 11) is 0. The molecule has 0 saturated heterocycles. The van der Waals surface area contributed by atoms with Gasteiger partial charge in [0.05, 0.1) is 17.6 Å². The van der Waals surface area contributed by atoms with E-state index in [1.165, 1.54) is 0 Å². The molecule has 3 aromatic rings. The molecule has 1 aliphatic heterocycles. The van der Waals surface area contributed by atoms with Crippen molar-refractivity contribution in [1.29, 1.82) is 0 Å². The summed E-state index contributed by atoms with van der Waals surface area (Å²) in [6.45, 7) is 0.626. The van der Waals surface area contributed by atoms with E-state index in [9.17, 15) is 4.79 Å². The normalized spacial score (nSPS) is 17.6. The number of aromatic amines is 1. The zero-order chi connectivity index (χ0) is 14.2. The lowest BCUT2D eigenvalue weighted by molar-refractivity contribution is -0.120. The van der Waals surface area contributed by atoms with Gasteiger partial charge in [0, 0.05) is 24.5 Å². The van der Waals surface area contributed by atoms with Crippen LogP contribution < -0.4 is 5.32 Å². The Bertz CT molecular complexity index is 805. The Morgan fingerprint density at radius 1 is 1.48 bits per heavy atom. The zero-order valence-corrected chi connectivity index (χ0v) is 11.3. The highest BCUT2D eigenvalue weighted by atomic mass is 16.2. The molecule has 1 atom stereocenters. The van der Waals surface area contributed by atoms with Crippen molar-refractivity contribution >= 4 is 22.6 Å². The molecule has 7 heteroatoms. The van der Waals surface area contributed by atoms with Crippen LogP contribution in [0.3, 0.4) is 0 Å².